The number of hydrogen-bond donors (Lipinski definition) is 1. The Labute approximate surface area is 129 Å². The average Bonchev–Trinajstić information content (AvgIpc) is 3.20. The Bertz CT molecular complexity index is 465. The summed E-state index contributed by atoms with van der Waals surface area (Å²) in [6.45, 7) is 5.68. The molecule has 116 valence electrons. The molecule has 0 aromatic carbocycles. The zero-order chi connectivity index (χ0) is 14.7. The van der Waals surface area contributed by atoms with E-state index in [2.05, 4.69) is 22.1 Å². The van der Waals surface area contributed by atoms with Gasteiger partial charge in [0.2, 0.25) is 0 Å². The summed E-state index contributed by atoms with van der Waals surface area (Å²) in [5.74, 6) is -0.0525. The molecule has 1 saturated carbocycles. The zero-order valence-electron chi connectivity index (χ0n) is 12.5. The first-order valence-electron chi connectivity index (χ1n) is 7.74. The Hall–Kier alpha value is -0.980. The lowest BCUT2D eigenvalue weighted by atomic mass is 9.86. The summed E-state index contributed by atoms with van der Waals surface area (Å²) >= 11 is 1.46. The lowest BCUT2D eigenvalue weighted by Gasteiger charge is -2.47. The van der Waals surface area contributed by atoms with Gasteiger partial charge in [0.25, 0.3) is 5.91 Å². The highest BCUT2D eigenvalue weighted by molar-refractivity contribution is 7.07. The Balaban J connectivity index is 1.72. The molecule has 1 N–H and O–H groups in total. The van der Waals surface area contributed by atoms with Crippen LogP contribution in [-0.2, 0) is 4.74 Å². The first kappa shape index (κ1) is 14.9. The minimum absolute atomic E-state index is 0.0525. The average molecular weight is 309 g/mol. The minimum Gasteiger partial charge on any atom is -0.379 e. The van der Waals surface area contributed by atoms with Gasteiger partial charge in [-0.1, -0.05) is 12.8 Å². The largest absolute Gasteiger partial charge is 0.379 e. The molecule has 1 saturated heterocycles. The molecular weight excluding hydrogens is 286 g/mol. The zero-order valence-corrected chi connectivity index (χ0v) is 13.3. The van der Waals surface area contributed by atoms with Gasteiger partial charge < -0.3 is 10.1 Å². The maximum atomic E-state index is 12.3. The van der Waals surface area contributed by atoms with Crippen molar-refractivity contribution in [2.75, 3.05) is 26.3 Å². The van der Waals surface area contributed by atoms with Crippen molar-refractivity contribution in [3.05, 3.63) is 16.6 Å². The fourth-order valence-electron chi connectivity index (χ4n) is 3.75. The lowest BCUT2D eigenvalue weighted by molar-refractivity contribution is -0.0323. The molecule has 1 aromatic rings. The number of hydrogen-bond acceptors (Lipinski definition) is 5. The van der Waals surface area contributed by atoms with Crippen LogP contribution in [0.1, 0.15) is 43.1 Å². The fraction of sp³-hybridized carbons (Fsp3) is 0.733. The second-order valence-electron chi connectivity index (χ2n) is 5.98. The van der Waals surface area contributed by atoms with E-state index in [0.717, 1.165) is 39.1 Å². The summed E-state index contributed by atoms with van der Waals surface area (Å²) in [7, 11) is 0. The van der Waals surface area contributed by atoms with Gasteiger partial charge in [-0.25, -0.2) is 4.98 Å². The third-order valence-corrected chi connectivity index (χ3v) is 5.52. The van der Waals surface area contributed by atoms with Gasteiger partial charge in [-0.15, -0.1) is 11.3 Å². The summed E-state index contributed by atoms with van der Waals surface area (Å²) in [6.07, 6.45) is 4.81. The van der Waals surface area contributed by atoms with Gasteiger partial charge in [-0.2, -0.15) is 0 Å². The number of amides is 1. The van der Waals surface area contributed by atoms with Crippen LogP contribution in [0.25, 0.3) is 0 Å². The van der Waals surface area contributed by atoms with E-state index >= 15 is 0 Å². The van der Waals surface area contributed by atoms with Crippen LogP contribution in [0.5, 0.6) is 0 Å². The van der Waals surface area contributed by atoms with Gasteiger partial charge >= 0.3 is 0 Å². The minimum atomic E-state index is -0.0525. The van der Waals surface area contributed by atoms with Gasteiger partial charge in [-0.3, -0.25) is 9.69 Å². The normalized spacial score (nSPS) is 23.9. The Morgan fingerprint density at radius 2 is 2.14 bits per heavy atom. The molecule has 2 aliphatic rings. The van der Waals surface area contributed by atoms with Crippen molar-refractivity contribution in [2.45, 2.75) is 44.2 Å². The van der Waals surface area contributed by atoms with Gasteiger partial charge in [0.15, 0.2) is 0 Å². The van der Waals surface area contributed by atoms with Crippen LogP contribution in [0.4, 0.5) is 0 Å². The van der Waals surface area contributed by atoms with Crippen molar-refractivity contribution < 1.29 is 9.53 Å². The number of rotatable bonds is 4. The fourth-order valence-corrected chi connectivity index (χ4v) is 4.28. The molecule has 21 heavy (non-hydrogen) atoms. The van der Waals surface area contributed by atoms with E-state index in [4.69, 9.17) is 4.74 Å². The molecule has 1 aromatic heterocycles. The highest BCUT2D eigenvalue weighted by Crippen LogP contribution is 2.38. The molecule has 1 atom stereocenters. The second-order valence-corrected chi connectivity index (χ2v) is 6.70. The topological polar surface area (TPSA) is 54.5 Å². The van der Waals surface area contributed by atoms with Crippen molar-refractivity contribution in [3.63, 3.8) is 0 Å². The molecule has 0 unspecified atom stereocenters. The number of carbonyl (C=O) groups is 1. The van der Waals surface area contributed by atoms with Crippen molar-refractivity contribution in [2.24, 2.45) is 0 Å². The number of nitrogens with zero attached hydrogens (tertiary/aromatic N) is 2. The smallest absolute Gasteiger partial charge is 0.271 e. The van der Waals surface area contributed by atoms with E-state index < -0.39 is 0 Å². The van der Waals surface area contributed by atoms with Crippen molar-refractivity contribution in [3.8, 4) is 0 Å². The first-order chi connectivity index (χ1) is 10.2. The molecule has 0 bridgehead atoms. The summed E-state index contributed by atoms with van der Waals surface area (Å²) in [5.41, 5.74) is 2.32. The van der Waals surface area contributed by atoms with Gasteiger partial charge in [0.1, 0.15) is 5.69 Å². The van der Waals surface area contributed by atoms with Crippen LogP contribution >= 0.6 is 11.3 Å². The SMILES string of the molecule is C[C@@H](NC(=O)c1cscn1)C1(N2CCOCC2)CCCC1. The van der Waals surface area contributed by atoms with Crippen molar-refractivity contribution in [1.29, 1.82) is 0 Å². The summed E-state index contributed by atoms with van der Waals surface area (Å²) in [5, 5.41) is 4.99. The van der Waals surface area contributed by atoms with E-state index in [-0.39, 0.29) is 17.5 Å². The van der Waals surface area contributed by atoms with E-state index in [1.165, 1.54) is 24.2 Å². The Morgan fingerprint density at radius 1 is 1.43 bits per heavy atom. The number of nitrogens with one attached hydrogen (secondary N) is 1. The summed E-state index contributed by atoms with van der Waals surface area (Å²) in [4.78, 5) is 18.9. The standard InChI is InChI=1S/C15H23N3O2S/c1-12(17-14(19)13-10-21-11-16-13)15(4-2-3-5-15)18-6-8-20-9-7-18/h10-12H,2-9H2,1H3,(H,17,19)/t12-/m1/s1. The third kappa shape index (κ3) is 2.98. The second kappa shape index (κ2) is 6.42. The number of thiazole rings is 1. The monoisotopic (exact) mass is 309 g/mol. The van der Waals surface area contributed by atoms with Crippen molar-refractivity contribution >= 4 is 17.2 Å². The Morgan fingerprint density at radius 3 is 2.76 bits per heavy atom. The maximum absolute atomic E-state index is 12.3. The van der Waals surface area contributed by atoms with Crippen LogP contribution in [0.3, 0.4) is 0 Å². The molecule has 2 fully saturated rings. The molecule has 1 aliphatic heterocycles. The van der Waals surface area contributed by atoms with Crippen molar-refractivity contribution in [1.82, 2.24) is 15.2 Å². The van der Waals surface area contributed by atoms with E-state index in [0.29, 0.717) is 5.69 Å². The number of morpholine rings is 1. The molecule has 5 nitrogen and oxygen atoms in total. The highest BCUT2D eigenvalue weighted by atomic mass is 32.1. The van der Waals surface area contributed by atoms with Crippen LogP contribution in [-0.4, -0.2) is 53.7 Å². The lowest BCUT2D eigenvalue weighted by Crippen LogP contribution is -2.62. The molecular formula is C15H23N3O2S. The quantitative estimate of drug-likeness (QED) is 0.923. The molecule has 0 spiro atoms. The summed E-state index contributed by atoms with van der Waals surface area (Å²) in [6, 6.07) is 0.132. The third-order valence-electron chi connectivity index (χ3n) is 4.93. The maximum Gasteiger partial charge on any atom is 0.271 e. The molecule has 3 rings (SSSR count). The highest BCUT2D eigenvalue weighted by Gasteiger charge is 2.45. The molecule has 6 heteroatoms. The molecule has 2 heterocycles. The number of ether oxygens (including phenoxy) is 1. The van der Waals surface area contributed by atoms with E-state index in [1.807, 2.05) is 0 Å². The van der Waals surface area contributed by atoms with Crippen LogP contribution < -0.4 is 5.32 Å². The Kier molecular flexibility index (Phi) is 4.57. The van der Waals surface area contributed by atoms with E-state index in [9.17, 15) is 4.79 Å². The van der Waals surface area contributed by atoms with E-state index in [1.54, 1.807) is 10.9 Å². The van der Waals surface area contributed by atoms with Gasteiger partial charge in [0.05, 0.1) is 18.7 Å². The summed E-state index contributed by atoms with van der Waals surface area (Å²) < 4.78 is 5.49. The molecule has 0 radical (unpaired) electrons. The first-order valence-corrected chi connectivity index (χ1v) is 8.68. The molecule has 1 amide bonds. The number of carbonyl (C=O) groups excluding carboxylic acids is 1. The molecule has 1 aliphatic carbocycles. The van der Waals surface area contributed by atoms with Gasteiger partial charge in [-0.05, 0) is 19.8 Å². The predicted octanol–water partition coefficient (Wildman–Crippen LogP) is 1.91. The number of aromatic nitrogens is 1. The predicted molar refractivity (Wildman–Crippen MR) is 82.6 cm³/mol. The van der Waals surface area contributed by atoms with Crippen LogP contribution in [0, 0.1) is 0 Å². The van der Waals surface area contributed by atoms with Crippen LogP contribution in [0.15, 0.2) is 10.9 Å². The van der Waals surface area contributed by atoms with Gasteiger partial charge in [0, 0.05) is 30.1 Å². The van der Waals surface area contributed by atoms with Crippen LogP contribution in [0.2, 0.25) is 0 Å².